The zero-order valence-electron chi connectivity index (χ0n) is 18.0. The maximum absolute atomic E-state index is 13.9. The molecule has 0 spiro atoms. The molecule has 2 heterocycles. The minimum absolute atomic E-state index is 0.0512. The Balaban J connectivity index is 1.70. The van der Waals surface area contributed by atoms with Gasteiger partial charge in [-0.25, -0.2) is 17.1 Å². The van der Waals surface area contributed by atoms with Crippen LogP contribution in [0.25, 0.3) is 0 Å². The Bertz CT molecular complexity index is 1120. The Morgan fingerprint density at radius 1 is 1.19 bits per heavy atom. The van der Waals surface area contributed by atoms with E-state index in [4.69, 9.17) is 4.74 Å². The van der Waals surface area contributed by atoms with Crippen LogP contribution in [0.2, 0.25) is 0 Å². The maximum Gasteiger partial charge on any atom is 0.253 e. The molecule has 172 valence electrons. The fraction of sp³-hybridized carbons (Fsp3) is 0.409. The summed E-state index contributed by atoms with van der Waals surface area (Å²) >= 11 is 1.63. The minimum Gasteiger partial charge on any atom is -0.378 e. The normalized spacial score (nSPS) is 19.0. The Morgan fingerprint density at radius 3 is 2.66 bits per heavy atom. The van der Waals surface area contributed by atoms with Gasteiger partial charge < -0.3 is 15.0 Å². The third-order valence-electron chi connectivity index (χ3n) is 5.66. The number of halogens is 1. The van der Waals surface area contributed by atoms with E-state index in [9.17, 15) is 17.6 Å². The molecule has 7 nitrogen and oxygen atoms in total. The van der Waals surface area contributed by atoms with E-state index in [-0.39, 0.29) is 28.2 Å². The molecule has 10 heteroatoms. The van der Waals surface area contributed by atoms with Crippen molar-refractivity contribution in [1.82, 2.24) is 9.62 Å². The molecule has 2 aliphatic rings. The number of carbonyl (C=O) groups excluding carboxylic acids is 1. The van der Waals surface area contributed by atoms with Crippen LogP contribution < -0.4 is 10.2 Å². The molecule has 32 heavy (non-hydrogen) atoms. The highest BCUT2D eigenvalue weighted by molar-refractivity contribution is 7.99. The summed E-state index contributed by atoms with van der Waals surface area (Å²) in [4.78, 5) is 16.5. The lowest BCUT2D eigenvalue weighted by molar-refractivity contribution is 0.0933. The summed E-state index contributed by atoms with van der Waals surface area (Å²) in [5, 5.41) is 3.02. The number of carbonyl (C=O) groups is 1. The number of nitrogens with zero attached hydrogens (tertiary/aromatic N) is 2. The van der Waals surface area contributed by atoms with Gasteiger partial charge >= 0.3 is 0 Å². The van der Waals surface area contributed by atoms with Gasteiger partial charge in [-0.2, -0.15) is 0 Å². The SMILES string of the molecule is CN(C)S(=O)(=O)c1ccc(N2CCOCC2)c(C(=O)N[C@@H]2CCSc3ccc(F)cc32)c1. The Morgan fingerprint density at radius 2 is 1.94 bits per heavy atom. The first-order chi connectivity index (χ1) is 15.3. The van der Waals surface area contributed by atoms with Gasteiger partial charge in [-0.3, -0.25) is 4.79 Å². The van der Waals surface area contributed by atoms with E-state index in [1.165, 1.54) is 38.4 Å². The number of amides is 1. The van der Waals surface area contributed by atoms with Crippen LogP contribution in [0.15, 0.2) is 46.2 Å². The summed E-state index contributed by atoms with van der Waals surface area (Å²) in [6.45, 7) is 2.28. The number of anilines is 1. The van der Waals surface area contributed by atoms with Gasteiger partial charge in [0.2, 0.25) is 10.0 Å². The maximum atomic E-state index is 13.9. The molecule has 1 atom stereocenters. The van der Waals surface area contributed by atoms with Gasteiger partial charge in [0, 0.05) is 43.5 Å². The lowest BCUT2D eigenvalue weighted by atomic mass is 10.0. The van der Waals surface area contributed by atoms with Crippen molar-refractivity contribution in [2.24, 2.45) is 0 Å². The molecule has 2 aromatic carbocycles. The summed E-state index contributed by atoms with van der Waals surface area (Å²) in [6.07, 6.45) is 0.662. The molecule has 2 aliphatic heterocycles. The second-order valence-electron chi connectivity index (χ2n) is 7.91. The van der Waals surface area contributed by atoms with Crippen LogP contribution >= 0.6 is 11.8 Å². The quantitative estimate of drug-likeness (QED) is 0.711. The van der Waals surface area contributed by atoms with Gasteiger partial charge in [0.05, 0.1) is 29.7 Å². The minimum atomic E-state index is -3.71. The van der Waals surface area contributed by atoms with Crippen molar-refractivity contribution in [3.05, 3.63) is 53.3 Å². The Labute approximate surface area is 192 Å². The van der Waals surface area contributed by atoms with Crippen molar-refractivity contribution in [2.45, 2.75) is 22.3 Å². The predicted octanol–water partition coefficient (Wildman–Crippen LogP) is 2.88. The molecule has 0 bridgehead atoms. The molecule has 0 saturated carbocycles. The third-order valence-corrected chi connectivity index (χ3v) is 8.59. The fourth-order valence-electron chi connectivity index (χ4n) is 3.90. The van der Waals surface area contributed by atoms with Crippen molar-refractivity contribution in [1.29, 1.82) is 0 Å². The number of fused-ring (bicyclic) bond motifs is 1. The van der Waals surface area contributed by atoms with E-state index in [0.717, 1.165) is 20.5 Å². The molecular formula is C22H26FN3O4S2. The van der Waals surface area contributed by atoms with E-state index in [1.807, 2.05) is 4.90 Å². The number of hydrogen-bond donors (Lipinski definition) is 1. The van der Waals surface area contributed by atoms with E-state index in [0.29, 0.717) is 38.4 Å². The highest BCUT2D eigenvalue weighted by Gasteiger charge is 2.28. The van der Waals surface area contributed by atoms with E-state index in [1.54, 1.807) is 23.9 Å². The smallest absolute Gasteiger partial charge is 0.253 e. The summed E-state index contributed by atoms with van der Waals surface area (Å²) in [7, 11) is -0.802. The summed E-state index contributed by atoms with van der Waals surface area (Å²) in [5.41, 5.74) is 1.69. The van der Waals surface area contributed by atoms with Crippen molar-refractivity contribution < 1.29 is 22.3 Å². The van der Waals surface area contributed by atoms with Crippen LogP contribution in [0.3, 0.4) is 0 Å². The standard InChI is InChI=1S/C22H26FN3O4S2/c1-25(2)32(28,29)16-4-5-20(26-8-10-30-11-9-26)18(14-16)22(27)24-19-7-12-31-21-6-3-15(23)13-17(19)21/h3-6,13-14,19H,7-12H2,1-2H3,(H,24,27)/t19-/m1/s1. The third kappa shape index (κ3) is 4.63. The zero-order valence-corrected chi connectivity index (χ0v) is 19.6. The number of thioether (sulfide) groups is 1. The number of nitrogens with one attached hydrogen (secondary N) is 1. The lowest BCUT2D eigenvalue weighted by Crippen LogP contribution is -2.38. The highest BCUT2D eigenvalue weighted by Crippen LogP contribution is 2.37. The molecule has 1 saturated heterocycles. The zero-order chi connectivity index (χ0) is 22.9. The topological polar surface area (TPSA) is 79.0 Å². The van der Waals surface area contributed by atoms with Gasteiger partial charge in [-0.15, -0.1) is 11.8 Å². The number of ether oxygens (including phenoxy) is 1. The van der Waals surface area contributed by atoms with Crippen molar-refractivity contribution in [2.75, 3.05) is 51.1 Å². The molecular weight excluding hydrogens is 453 g/mol. The van der Waals surface area contributed by atoms with E-state index in [2.05, 4.69) is 5.32 Å². The Hall–Kier alpha value is -2.14. The number of sulfonamides is 1. The van der Waals surface area contributed by atoms with E-state index < -0.39 is 10.0 Å². The first-order valence-corrected chi connectivity index (χ1v) is 12.8. The molecule has 1 fully saturated rings. The number of hydrogen-bond acceptors (Lipinski definition) is 6. The second-order valence-corrected chi connectivity index (χ2v) is 11.2. The average molecular weight is 480 g/mol. The molecule has 4 rings (SSSR count). The molecule has 2 aromatic rings. The summed E-state index contributed by atoms with van der Waals surface area (Å²) in [5.74, 6) is 0.0718. The first-order valence-electron chi connectivity index (χ1n) is 10.4. The van der Waals surface area contributed by atoms with Crippen LogP contribution in [0, 0.1) is 5.82 Å². The van der Waals surface area contributed by atoms with Crippen molar-refractivity contribution in [3.8, 4) is 0 Å². The lowest BCUT2D eigenvalue weighted by Gasteiger charge is -2.31. The van der Waals surface area contributed by atoms with Gasteiger partial charge in [0.25, 0.3) is 5.91 Å². The van der Waals surface area contributed by atoms with Crippen molar-refractivity contribution >= 4 is 33.4 Å². The van der Waals surface area contributed by atoms with Crippen LogP contribution in [0.1, 0.15) is 28.4 Å². The van der Waals surface area contributed by atoms with Crippen LogP contribution in [0.5, 0.6) is 0 Å². The number of benzene rings is 2. The molecule has 1 N–H and O–H groups in total. The van der Waals surface area contributed by atoms with Gasteiger partial charge in [0.15, 0.2) is 0 Å². The Kier molecular flexibility index (Phi) is 6.75. The summed E-state index contributed by atoms with van der Waals surface area (Å²) < 4.78 is 45.8. The molecule has 0 aliphatic carbocycles. The largest absolute Gasteiger partial charge is 0.378 e. The molecule has 0 unspecified atom stereocenters. The van der Waals surface area contributed by atoms with Gasteiger partial charge in [-0.1, -0.05) is 0 Å². The van der Waals surface area contributed by atoms with Crippen molar-refractivity contribution in [3.63, 3.8) is 0 Å². The molecule has 1 amide bonds. The molecule has 0 aromatic heterocycles. The monoisotopic (exact) mass is 479 g/mol. The average Bonchev–Trinajstić information content (AvgIpc) is 2.79. The highest BCUT2D eigenvalue weighted by atomic mass is 32.2. The van der Waals surface area contributed by atoms with E-state index >= 15 is 0 Å². The van der Waals surface area contributed by atoms with Crippen LogP contribution in [0.4, 0.5) is 10.1 Å². The summed E-state index contributed by atoms with van der Waals surface area (Å²) in [6, 6.07) is 8.90. The van der Waals surface area contributed by atoms with Crippen LogP contribution in [-0.4, -0.2) is 64.8 Å². The first kappa shape index (κ1) is 23.0. The number of rotatable bonds is 5. The fourth-order valence-corrected chi connectivity index (χ4v) is 5.93. The molecule has 0 radical (unpaired) electrons. The second kappa shape index (κ2) is 9.38. The van der Waals surface area contributed by atoms with Crippen LogP contribution in [-0.2, 0) is 14.8 Å². The predicted molar refractivity (Wildman–Crippen MR) is 122 cm³/mol. The van der Waals surface area contributed by atoms with Gasteiger partial charge in [0.1, 0.15) is 5.82 Å². The van der Waals surface area contributed by atoms with Gasteiger partial charge in [-0.05, 0) is 48.4 Å². The number of morpholine rings is 1.